The van der Waals surface area contributed by atoms with Gasteiger partial charge in [-0.25, -0.2) is 0 Å². The molecule has 1 N–H and O–H groups in total. The molecule has 0 aliphatic carbocycles. The number of nitrogens with zero attached hydrogens (tertiary/aromatic N) is 1. The van der Waals surface area contributed by atoms with E-state index in [1.165, 1.54) is 0 Å². The number of carbonyl (C=O) groups excluding carboxylic acids is 1. The number of aryl methyl sites for hydroxylation is 2. The summed E-state index contributed by atoms with van der Waals surface area (Å²) in [4.78, 5) is 17.3. The Bertz CT molecular complexity index is 938. The summed E-state index contributed by atoms with van der Waals surface area (Å²) >= 11 is 6.12. The van der Waals surface area contributed by atoms with Crippen molar-refractivity contribution in [3.8, 4) is 5.75 Å². The van der Waals surface area contributed by atoms with Gasteiger partial charge >= 0.3 is 0 Å². The van der Waals surface area contributed by atoms with Crippen molar-refractivity contribution in [2.24, 2.45) is 0 Å². The Hall–Kier alpha value is -2.59. The summed E-state index contributed by atoms with van der Waals surface area (Å²) in [6, 6.07) is 12.9. The molecule has 2 aromatic carbocycles. The van der Waals surface area contributed by atoms with Gasteiger partial charge in [-0.1, -0.05) is 29.8 Å². The SMILES string of the molecule is COc1cc(Cl)c(C)cc1NC(=O)c1cc(C)nc2ccccc12. The largest absolute Gasteiger partial charge is 0.495 e. The number of ether oxygens (including phenoxy) is 1. The van der Waals surface area contributed by atoms with Crippen molar-refractivity contribution in [3.05, 3.63) is 64.3 Å². The average Bonchev–Trinajstić information content (AvgIpc) is 2.57. The second-order valence-corrected chi connectivity index (χ2v) is 5.99. The molecule has 0 radical (unpaired) electrons. The molecule has 0 saturated carbocycles. The van der Waals surface area contributed by atoms with Crippen molar-refractivity contribution < 1.29 is 9.53 Å². The number of carbonyl (C=O) groups is 1. The second-order valence-electron chi connectivity index (χ2n) is 5.58. The van der Waals surface area contributed by atoms with Gasteiger partial charge in [-0.3, -0.25) is 9.78 Å². The van der Waals surface area contributed by atoms with Crippen LogP contribution in [0.15, 0.2) is 42.5 Å². The third kappa shape index (κ3) is 3.05. The standard InChI is InChI=1S/C19H17ClN2O2/c1-11-8-17(18(24-3)10-15(11)20)22-19(23)14-9-12(2)21-16-7-5-4-6-13(14)16/h4-10H,1-3H3,(H,22,23). The first-order valence-electron chi connectivity index (χ1n) is 7.51. The van der Waals surface area contributed by atoms with Crippen LogP contribution in [0.4, 0.5) is 5.69 Å². The number of amides is 1. The Kier molecular flexibility index (Phi) is 4.40. The zero-order chi connectivity index (χ0) is 17.3. The second kappa shape index (κ2) is 6.49. The monoisotopic (exact) mass is 340 g/mol. The normalized spacial score (nSPS) is 10.7. The highest BCUT2D eigenvalue weighted by Crippen LogP contribution is 2.31. The molecule has 0 atom stereocenters. The van der Waals surface area contributed by atoms with Crippen LogP contribution in [0.3, 0.4) is 0 Å². The first-order valence-corrected chi connectivity index (χ1v) is 7.89. The fourth-order valence-corrected chi connectivity index (χ4v) is 2.77. The van der Waals surface area contributed by atoms with Gasteiger partial charge in [0.05, 0.1) is 23.9 Å². The lowest BCUT2D eigenvalue weighted by atomic mass is 10.1. The number of hydrogen-bond acceptors (Lipinski definition) is 3. The molecule has 0 unspecified atom stereocenters. The van der Waals surface area contributed by atoms with E-state index in [-0.39, 0.29) is 5.91 Å². The van der Waals surface area contributed by atoms with Gasteiger partial charge < -0.3 is 10.1 Å². The molecule has 4 nitrogen and oxygen atoms in total. The smallest absolute Gasteiger partial charge is 0.256 e. The van der Waals surface area contributed by atoms with Crippen molar-refractivity contribution in [1.29, 1.82) is 0 Å². The number of pyridine rings is 1. The highest BCUT2D eigenvalue weighted by atomic mass is 35.5. The van der Waals surface area contributed by atoms with Crippen molar-refractivity contribution in [1.82, 2.24) is 4.98 Å². The number of fused-ring (bicyclic) bond motifs is 1. The number of hydrogen-bond donors (Lipinski definition) is 1. The Balaban J connectivity index is 2.04. The van der Waals surface area contributed by atoms with Gasteiger partial charge in [0.1, 0.15) is 5.75 Å². The molecule has 24 heavy (non-hydrogen) atoms. The molecule has 5 heteroatoms. The van der Waals surface area contributed by atoms with Gasteiger partial charge in [0.2, 0.25) is 0 Å². The van der Waals surface area contributed by atoms with Crippen LogP contribution in [0, 0.1) is 13.8 Å². The maximum absolute atomic E-state index is 12.8. The third-order valence-corrected chi connectivity index (χ3v) is 4.23. The Morgan fingerprint density at radius 2 is 1.92 bits per heavy atom. The van der Waals surface area contributed by atoms with Crippen molar-refractivity contribution in [2.45, 2.75) is 13.8 Å². The summed E-state index contributed by atoms with van der Waals surface area (Å²) in [5, 5.41) is 4.32. The van der Waals surface area contributed by atoms with Crippen LogP contribution in [0.25, 0.3) is 10.9 Å². The number of methoxy groups -OCH3 is 1. The lowest BCUT2D eigenvalue weighted by molar-refractivity contribution is 0.102. The molecule has 122 valence electrons. The van der Waals surface area contributed by atoms with Gasteiger partial charge in [0.25, 0.3) is 5.91 Å². The molecule has 0 bridgehead atoms. The van der Waals surface area contributed by atoms with Gasteiger partial charge in [0, 0.05) is 22.2 Å². The fraction of sp³-hybridized carbons (Fsp3) is 0.158. The molecule has 0 aliphatic rings. The number of nitrogens with one attached hydrogen (secondary N) is 1. The summed E-state index contributed by atoms with van der Waals surface area (Å²) in [5.74, 6) is 0.311. The van der Waals surface area contributed by atoms with E-state index in [9.17, 15) is 4.79 Å². The summed E-state index contributed by atoms with van der Waals surface area (Å²) in [5.41, 5.74) is 3.61. The number of para-hydroxylation sites is 1. The van der Waals surface area contributed by atoms with Crippen LogP contribution in [-0.4, -0.2) is 18.0 Å². The topological polar surface area (TPSA) is 51.2 Å². The zero-order valence-corrected chi connectivity index (χ0v) is 14.4. The number of rotatable bonds is 3. The highest BCUT2D eigenvalue weighted by molar-refractivity contribution is 6.31. The Morgan fingerprint density at radius 3 is 2.67 bits per heavy atom. The fourth-order valence-electron chi connectivity index (χ4n) is 2.62. The van der Waals surface area contributed by atoms with Crippen LogP contribution in [0.1, 0.15) is 21.6 Å². The molecule has 1 aromatic heterocycles. The third-order valence-electron chi connectivity index (χ3n) is 3.82. The van der Waals surface area contributed by atoms with E-state index in [4.69, 9.17) is 16.3 Å². The van der Waals surface area contributed by atoms with Gasteiger partial charge in [-0.15, -0.1) is 0 Å². The minimum atomic E-state index is -0.211. The molecule has 0 spiro atoms. The first-order chi connectivity index (χ1) is 11.5. The van der Waals surface area contributed by atoms with Crippen LogP contribution < -0.4 is 10.1 Å². The van der Waals surface area contributed by atoms with E-state index < -0.39 is 0 Å². The Labute approximate surface area is 145 Å². The van der Waals surface area contributed by atoms with Crippen LogP contribution in [0.2, 0.25) is 5.02 Å². The molecule has 0 fully saturated rings. The quantitative estimate of drug-likeness (QED) is 0.747. The number of benzene rings is 2. The van der Waals surface area contributed by atoms with Gasteiger partial charge in [-0.2, -0.15) is 0 Å². The number of halogens is 1. The van der Waals surface area contributed by atoms with E-state index >= 15 is 0 Å². The molecular weight excluding hydrogens is 324 g/mol. The lowest BCUT2D eigenvalue weighted by Gasteiger charge is -2.13. The zero-order valence-electron chi connectivity index (χ0n) is 13.7. The molecule has 1 amide bonds. The minimum Gasteiger partial charge on any atom is -0.495 e. The molecule has 0 aliphatic heterocycles. The predicted molar refractivity (Wildman–Crippen MR) is 97.2 cm³/mol. The van der Waals surface area contributed by atoms with Crippen LogP contribution in [0.5, 0.6) is 5.75 Å². The molecule has 3 aromatic rings. The first kappa shape index (κ1) is 16.3. The maximum atomic E-state index is 12.8. The van der Waals surface area contributed by atoms with Crippen molar-refractivity contribution in [3.63, 3.8) is 0 Å². The lowest BCUT2D eigenvalue weighted by Crippen LogP contribution is -2.14. The summed E-state index contributed by atoms with van der Waals surface area (Å²) in [6.45, 7) is 3.75. The van der Waals surface area contributed by atoms with Crippen LogP contribution >= 0.6 is 11.6 Å². The number of aromatic nitrogens is 1. The van der Waals surface area contributed by atoms with E-state index in [2.05, 4.69) is 10.3 Å². The van der Waals surface area contributed by atoms with Gasteiger partial charge in [0.15, 0.2) is 0 Å². The van der Waals surface area contributed by atoms with E-state index in [0.29, 0.717) is 22.0 Å². The summed E-state index contributed by atoms with van der Waals surface area (Å²) in [6.07, 6.45) is 0. The minimum absolute atomic E-state index is 0.211. The maximum Gasteiger partial charge on any atom is 0.256 e. The molecule has 1 heterocycles. The average molecular weight is 341 g/mol. The molecule has 0 saturated heterocycles. The summed E-state index contributed by atoms with van der Waals surface area (Å²) in [7, 11) is 1.54. The van der Waals surface area contributed by atoms with Crippen molar-refractivity contribution in [2.75, 3.05) is 12.4 Å². The van der Waals surface area contributed by atoms with Gasteiger partial charge in [-0.05, 0) is 37.6 Å². The predicted octanol–water partition coefficient (Wildman–Crippen LogP) is 4.77. The highest BCUT2D eigenvalue weighted by Gasteiger charge is 2.15. The van der Waals surface area contributed by atoms with Crippen molar-refractivity contribution >= 4 is 34.1 Å². The summed E-state index contributed by atoms with van der Waals surface area (Å²) < 4.78 is 5.32. The van der Waals surface area contributed by atoms with E-state index in [1.807, 2.05) is 38.1 Å². The Morgan fingerprint density at radius 1 is 1.17 bits per heavy atom. The number of anilines is 1. The van der Waals surface area contributed by atoms with E-state index in [0.717, 1.165) is 22.2 Å². The van der Waals surface area contributed by atoms with Crippen LogP contribution in [-0.2, 0) is 0 Å². The molecular formula is C19H17ClN2O2. The molecule has 3 rings (SSSR count). The van der Waals surface area contributed by atoms with E-state index in [1.54, 1.807) is 25.3 Å².